The summed E-state index contributed by atoms with van der Waals surface area (Å²) in [5, 5.41) is 20.5. The Labute approximate surface area is 194 Å². The number of aryl methyl sites for hydroxylation is 3. The van der Waals surface area contributed by atoms with Crippen LogP contribution < -0.4 is 4.74 Å². The first-order valence-corrected chi connectivity index (χ1v) is 11.2. The first-order valence-electron chi connectivity index (χ1n) is 9.61. The molecule has 0 N–H and O–H groups in total. The molecule has 7 nitrogen and oxygen atoms in total. The Morgan fingerprint density at radius 3 is 2.39 bits per heavy atom. The van der Waals surface area contributed by atoms with Crippen LogP contribution in [0.1, 0.15) is 34.7 Å². The van der Waals surface area contributed by atoms with E-state index >= 15 is 0 Å². The number of nitrogens with zero attached hydrogens (tertiary/aromatic N) is 4. The van der Waals surface area contributed by atoms with Crippen molar-refractivity contribution in [1.29, 1.82) is 0 Å². The van der Waals surface area contributed by atoms with Crippen molar-refractivity contribution in [2.24, 2.45) is 0 Å². The van der Waals surface area contributed by atoms with E-state index in [2.05, 4.69) is 10.2 Å². The van der Waals surface area contributed by atoms with Crippen molar-refractivity contribution in [1.82, 2.24) is 14.8 Å². The van der Waals surface area contributed by atoms with Gasteiger partial charge in [-0.1, -0.05) is 41.0 Å². The summed E-state index contributed by atoms with van der Waals surface area (Å²) >= 11 is 13.9. The molecule has 10 heteroatoms. The number of benzene rings is 2. The summed E-state index contributed by atoms with van der Waals surface area (Å²) in [5.41, 5.74) is 3.82. The summed E-state index contributed by atoms with van der Waals surface area (Å²) in [6, 6.07) is 9.37. The number of hydrogen-bond donors (Lipinski definition) is 0. The van der Waals surface area contributed by atoms with Gasteiger partial charge in [0.1, 0.15) is 11.1 Å². The molecule has 164 valence electrons. The minimum atomic E-state index is -0.574. The van der Waals surface area contributed by atoms with Gasteiger partial charge in [-0.15, -0.1) is 10.2 Å². The molecule has 0 bridgehead atoms. The molecule has 3 aromatic rings. The summed E-state index contributed by atoms with van der Waals surface area (Å²) in [7, 11) is 0. The van der Waals surface area contributed by atoms with Crippen molar-refractivity contribution in [3.05, 3.63) is 73.0 Å². The van der Waals surface area contributed by atoms with Crippen molar-refractivity contribution in [3.63, 3.8) is 0 Å². The van der Waals surface area contributed by atoms with Gasteiger partial charge in [0.15, 0.2) is 10.9 Å². The van der Waals surface area contributed by atoms with Crippen LogP contribution in [-0.2, 0) is 0 Å². The molecule has 1 atom stereocenters. The van der Waals surface area contributed by atoms with Crippen LogP contribution in [0.2, 0.25) is 10.0 Å². The smallest absolute Gasteiger partial charge is 0.220 e. The van der Waals surface area contributed by atoms with Crippen LogP contribution in [0.4, 0.5) is 0 Å². The summed E-state index contributed by atoms with van der Waals surface area (Å²) < 4.78 is 7.36. The molecular formula is C21H22Cl2N4O3S. The predicted molar refractivity (Wildman–Crippen MR) is 124 cm³/mol. The Balaban J connectivity index is 2.02. The SMILES string of the molecule is CCOc1c(Cl)cc([C@@H](C[N+](=O)[O-])Sc2nnc(C)n2-c2ccc(C)c(C)c2)cc1Cl. The molecule has 0 aliphatic heterocycles. The normalized spacial score (nSPS) is 12.1. The highest BCUT2D eigenvalue weighted by Crippen LogP contribution is 2.41. The Bertz CT molecular complexity index is 1100. The van der Waals surface area contributed by atoms with Gasteiger partial charge in [-0.3, -0.25) is 14.7 Å². The molecule has 0 spiro atoms. The fourth-order valence-electron chi connectivity index (χ4n) is 3.10. The summed E-state index contributed by atoms with van der Waals surface area (Å²) in [6.07, 6.45) is 0. The molecule has 0 saturated heterocycles. The van der Waals surface area contributed by atoms with Gasteiger partial charge in [0, 0.05) is 10.6 Å². The number of ether oxygens (including phenoxy) is 1. The van der Waals surface area contributed by atoms with E-state index in [1.807, 2.05) is 50.5 Å². The minimum Gasteiger partial charge on any atom is -0.491 e. The maximum atomic E-state index is 11.4. The topological polar surface area (TPSA) is 83.1 Å². The van der Waals surface area contributed by atoms with Crippen molar-refractivity contribution in [2.75, 3.05) is 13.2 Å². The minimum absolute atomic E-state index is 0.310. The van der Waals surface area contributed by atoms with Crippen LogP contribution in [0, 0.1) is 30.9 Å². The highest BCUT2D eigenvalue weighted by atomic mass is 35.5. The first kappa shape index (κ1) is 23.4. The van der Waals surface area contributed by atoms with Gasteiger partial charge in [0.05, 0.1) is 16.7 Å². The summed E-state index contributed by atoms with van der Waals surface area (Å²) in [6.45, 7) is 7.83. The molecule has 1 heterocycles. The maximum Gasteiger partial charge on any atom is 0.220 e. The second-order valence-corrected chi connectivity index (χ2v) is 8.99. The second kappa shape index (κ2) is 9.89. The van der Waals surface area contributed by atoms with E-state index in [0.29, 0.717) is 38.9 Å². The molecule has 0 saturated carbocycles. The molecule has 3 rings (SSSR count). The molecular weight excluding hydrogens is 459 g/mol. The number of thioether (sulfide) groups is 1. The number of halogens is 2. The lowest BCUT2D eigenvalue weighted by Crippen LogP contribution is -2.11. The Morgan fingerprint density at radius 1 is 1.13 bits per heavy atom. The molecule has 0 radical (unpaired) electrons. The molecule has 0 aliphatic rings. The molecule has 0 aliphatic carbocycles. The zero-order valence-corrected chi connectivity index (χ0v) is 19.9. The fraction of sp³-hybridized carbons (Fsp3) is 0.333. The average molecular weight is 481 g/mol. The van der Waals surface area contributed by atoms with Crippen molar-refractivity contribution >= 4 is 35.0 Å². The van der Waals surface area contributed by atoms with E-state index in [4.69, 9.17) is 27.9 Å². The third-order valence-electron chi connectivity index (χ3n) is 4.79. The lowest BCUT2D eigenvalue weighted by molar-refractivity contribution is -0.479. The lowest BCUT2D eigenvalue weighted by Gasteiger charge is -2.17. The highest BCUT2D eigenvalue weighted by molar-refractivity contribution is 7.99. The van der Waals surface area contributed by atoms with Gasteiger partial charge in [0.25, 0.3) is 0 Å². The zero-order valence-electron chi connectivity index (χ0n) is 17.6. The number of aromatic nitrogens is 3. The molecule has 2 aromatic carbocycles. The summed E-state index contributed by atoms with van der Waals surface area (Å²) in [5.74, 6) is 1.06. The van der Waals surface area contributed by atoms with Crippen LogP contribution in [0.15, 0.2) is 35.5 Å². The number of hydrogen-bond acceptors (Lipinski definition) is 6. The first-order chi connectivity index (χ1) is 14.7. The quantitative estimate of drug-likeness (QED) is 0.223. The van der Waals surface area contributed by atoms with Crippen LogP contribution >= 0.6 is 35.0 Å². The Hall–Kier alpha value is -2.29. The van der Waals surface area contributed by atoms with Gasteiger partial charge >= 0.3 is 0 Å². The third-order valence-corrected chi connectivity index (χ3v) is 6.53. The number of rotatable bonds is 8. The average Bonchev–Trinajstić information content (AvgIpc) is 3.06. The standard InChI is InChI=1S/C21H22Cl2N4O3S/c1-5-30-20-17(22)9-15(10-18(20)23)19(11-26(28)29)31-21-25-24-14(4)27(21)16-7-6-12(2)13(3)8-16/h6-10,19H,5,11H2,1-4H3/t19-/m1/s1. The van der Waals surface area contributed by atoms with Crippen LogP contribution in [0.25, 0.3) is 5.69 Å². The van der Waals surface area contributed by atoms with Crippen LogP contribution in [0.5, 0.6) is 5.75 Å². The van der Waals surface area contributed by atoms with Gasteiger partial charge in [-0.05, 0) is 68.7 Å². The zero-order chi connectivity index (χ0) is 22.7. The fourth-order valence-corrected chi connectivity index (χ4v) is 4.87. The molecule has 1 aromatic heterocycles. The lowest BCUT2D eigenvalue weighted by atomic mass is 10.1. The monoisotopic (exact) mass is 480 g/mol. The van der Waals surface area contributed by atoms with E-state index in [9.17, 15) is 10.1 Å². The number of nitro groups is 1. The maximum absolute atomic E-state index is 11.4. The van der Waals surface area contributed by atoms with Crippen LogP contribution in [0.3, 0.4) is 0 Å². The van der Waals surface area contributed by atoms with Gasteiger partial charge in [-0.2, -0.15) is 0 Å². The van der Waals surface area contributed by atoms with Crippen LogP contribution in [-0.4, -0.2) is 32.8 Å². The predicted octanol–water partition coefficient (Wildman–Crippen LogP) is 6.01. The van der Waals surface area contributed by atoms with Gasteiger partial charge < -0.3 is 4.74 Å². The van der Waals surface area contributed by atoms with E-state index < -0.39 is 5.25 Å². The van der Waals surface area contributed by atoms with Crippen molar-refractivity contribution in [3.8, 4) is 11.4 Å². The molecule has 0 fully saturated rings. The molecule has 0 unspecified atom stereocenters. The van der Waals surface area contributed by atoms with E-state index in [1.54, 1.807) is 12.1 Å². The van der Waals surface area contributed by atoms with Crippen molar-refractivity contribution in [2.45, 2.75) is 38.1 Å². The van der Waals surface area contributed by atoms with Gasteiger partial charge in [-0.25, -0.2) is 0 Å². The summed E-state index contributed by atoms with van der Waals surface area (Å²) in [4.78, 5) is 11.1. The Kier molecular flexibility index (Phi) is 7.46. The Morgan fingerprint density at radius 2 is 1.81 bits per heavy atom. The largest absolute Gasteiger partial charge is 0.491 e. The van der Waals surface area contributed by atoms with E-state index in [1.165, 1.54) is 17.3 Å². The van der Waals surface area contributed by atoms with E-state index in [0.717, 1.165) is 11.3 Å². The van der Waals surface area contributed by atoms with Crippen molar-refractivity contribution < 1.29 is 9.66 Å². The molecule has 0 amide bonds. The molecule has 31 heavy (non-hydrogen) atoms. The second-order valence-electron chi connectivity index (χ2n) is 7.00. The van der Waals surface area contributed by atoms with E-state index in [-0.39, 0.29) is 11.5 Å². The third kappa shape index (κ3) is 5.31. The van der Waals surface area contributed by atoms with Gasteiger partial charge in [0.2, 0.25) is 6.54 Å². The highest BCUT2D eigenvalue weighted by Gasteiger charge is 2.25.